The fourth-order valence-corrected chi connectivity index (χ4v) is 3.66. The highest BCUT2D eigenvalue weighted by molar-refractivity contribution is 7.57. The summed E-state index contributed by atoms with van der Waals surface area (Å²) < 4.78 is 23.2. The number of benzene rings is 1. The van der Waals surface area contributed by atoms with Gasteiger partial charge in [-0.15, -0.1) is 0 Å². The third kappa shape index (κ3) is 4.57. The van der Waals surface area contributed by atoms with Gasteiger partial charge in [-0.05, 0) is 31.5 Å². The number of hydrogen-bond donors (Lipinski definition) is 2. The summed E-state index contributed by atoms with van der Waals surface area (Å²) in [5, 5.41) is 20.7. The van der Waals surface area contributed by atoms with E-state index in [2.05, 4.69) is 5.09 Å². The zero-order valence-corrected chi connectivity index (χ0v) is 13.6. The van der Waals surface area contributed by atoms with Crippen LogP contribution in [-0.4, -0.2) is 30.1 Å². The van der Waals surface area contributed by atoms with E-state index in [0.29, 0.717) is 5.56 Å². The SMILES string of the molecule is CCC(C)(NP(=O)(COC)Oc1cccc(C#N)c1)C(=O)O. The molecule has 1 aromatic carbocycles. The Bertz CT molecular complexity index is 628. The third-order valence-corrected chi connectivity index (χ3v) is 5.05. The molecular formula is C14H19N2O5P. The second-order valence-electron chi connectivity index (χ2n) is 4.92. The summed E-state index contributed by atoms with van der Waals surface area (Å²) in [4.78, 5) is 11.4. The number of aliphatic carboxylic acids is 1. The largest absolute Gasteiger partial charge is 0.480 e. The summed E-state index contributed by atoms with van der Waals surface area (Å²) in [6.45, 7) is 3.08. The standard InChI is InChI=1S/C14H19N2O5P/c1-4-14(2,13(17)18)16-22(19,10-20-3)21-12-7-5-6-11(8-12)9-15/h5-8H,4,10H2,1-3H3,(H,16,19)(H,17,18). The number of nitrogens with zero attached hydrogens (tertiary/aromatic N) is 1. The van der Waals surface area contributed by atoms with Crippen LogP contribution in [0.1, 0.15) is 25.8 Å². The van der Waals surface area contributed by atoms with Crippen molar-refractivity contribution in [2.75, 3.05) is 13.5 Å². The van der Waals surface area contributed by atoms with E-state index in [4.69, 9.17) is 14.5 Å². The van der Waals surface area contributed by atoms with Gasteiger partial charge in [0.05, 0.1) is 11.6 Å². The number of carboxylic acid groups (broad SMARTS) is 1. The zero-order valence-electron chi connectivity index (χ0n) is 12.7. The highest BCUT2D eigenvalue weighted by atomic mass is 31.2. The molecule has 0 aliphatic carbocycles. The van der Waals surface area contributed by atoms with Gasteiger partial charge in [-0.1, -0.05) is 13.0 Å². The molecule has 0 bridgehead atoms. The lowest BCUT2D eigenvalue weighted by Crippen LogP contribution is -2.48. The fraction of sp³-hybridized carbons (Fsp3) is 0.429. The molecule has 0 aliphatic heterocycles. The van der Waals surface area contributed by atoms with E-state index in [1.165, 1.54) is 26.2 Å². The lowest BCUT2D eigenvalue weighted by molar-refractivity contribution is -0.143. The first kappa shape index (κ1) is 18.2. The van der Waals surface area contributed by atoms with Crippen molar-refractivity contribution < 1.29 is 23.7 Å². The van der Waals surface area contributed by atoms with E-state index in [0.717, 1.165) is 0 Å². The van der Waals surface area contributed by atoms with Crippen LogP contribution in [-0.2, 0) is 14.1 Å². The number of methoxy groups -OCH3 is 1. The van der Waals surface area contributed by atoms with Gasteiger partial charge in [0.2, 0.25) is 0 Å². The first-order valence-corrected chi connectivity index (χ1v) is 8.40. The molecule has 0 radical (unpaired) electrons. The number of carboxylic acids is 1. The summed E-state index contributed by atoms with van der Waals surface area (Å²) in [6, 6.07) is 8.07. The third-order valence-electron chi connectivity index (χ3n) is 3.11. The van der Waals surface area contributed by atoms with Crippen molar-refractivity contribution in [2.24, 2.45) is 0 Å². The van der Waals surface area contributed by atoms with Crippen LogP contribution in [0.3, 0.4) is 0 Å². The Kier molecular flexibility index (Phi) is 6.12. The van der Waals surface area contributed by atoms with Crippen molar-refractivity contribution in [1.82, 2.24) is 5.09 Å². The molecule has 2 atom stereocenters. The molecule has 0 aliphatic rings. The van der Waals surface area contributed by atoms with Gasteiger partial charge in [0, 0.05) is 7.11 Å². The quantitative estimate of drug-likeness (QED) is 0.707. The molecule has 120 valence electrons. The van der Waals surface area contributed by atoms with Crippen molar-refractivity contribution >= 4 is 13.5 Å². The molecule has 2 N–H and O–H groups in total. The lowest BCUT2D eigenvalue weighted by Gasteiger charge is -2.30. The molecule has 8 heteroatoms. The minimum absolute atomic E-state index is 0.204. The van der Waals surface area contributed by atoms with Gasteiger partial charge in [0.1, 0.15) is 17.6 Å². The van der Waals surface area contributed by atoms with Gasteiger partial charge in [-0.25, -0.2) is 5.09 Å². The molecule has 0 saturated carbocycles. The number of hydrogen-bond acceptors (Lipinski definition) is 5. The van der Waals surface area contributed by atoms with Crippen LogP contribution in [0, 0.1) is 11.3 Å². The summed E-state index contributed by atoms with van der Waals surface area (Å²) in [7, 11) is -2.29. The molecule has 22 heavy (non-hydrogen) atoms. The summed E-state index contributed by atoms with van der Waals surface area (Å²) in [5.74, 6) is -0.934. The van der Waals surface area contributed by atoms with Crippen LogP contribution in [0.15, 0.2) is 24.3 Å². The maximum absolute atomic E-state index is 12.9. The van der Waals surface area contributed by atoms with Gasteiger partial charge >= 0.3 is 13.5 Å². The van der Waals surface area contributed by atoms with Crippen molar-refractivity contribution in [3.8, 4) is 11.8 Å². The topological polar surface area (TPSA) is 109 Å². The zero-order chi connectivity index (χ0) is 16.8. The van der Waals surface area contributed by atoms with Gasteiger partial charge < -0.3 is 14.4 Å². The number of rotatable bonds is 8. The van der Waals surface area contributed by atoms with E-state index in [-0.39, 0.29) is 18.5 Å². The lowest BCUT2D eigenvalue weighted by atomic mass is 10.0. The predicted octanol–water partition coefficient (Wildman–Crippen LogP) is 2.58. The minimum Gasteiger partial charge on any atom is -0.480 e. The van der Waals surface area contributed by atoms with Gasteiger partial charge in [0.25, 0.3) is 0 Å². The molecule has 2 unspecified atom stereocenters. The Morgan fingerprint density at radius 3 is 2.73 bits per heavy atom. The average Bonchev–Trinajstić information content (AvgIpc) is 2.47. The maximum atomic E-state index is 12.9. The molecule has 0 amide bonds. The van der Waals surface area contributed by atoms with E-state index >= 15 is 0 Å². The van der Waals surface area contributed by atoms with Gasteiger partial charge in [0.15, 0.2) is 0 Å². The highest BCUT2D eigenvalue weighted by Gasteiger charge is 2.40. The molecule has 7 nitrogen and oxygen atoms in total. The van der Waals surface area contributed by atoms with Crippen LogP contribution in [0.25, 0.3) is 0 Å². The summed E-state index contributed by atoms with van der Waals surface area (Å²) >= 11 is 0. The Hall–Kier alpha value is -1.87. The van der Waals surface area contributed by atoms with E-state index in [9.17, 15) is 14.5 Å². The fourth-order valence-electron chi connectivity index (χ4n) is 1.70. The minimum atomic E-state index is -3.63. The smallest absolute Gasteiger partial charge is 0.342 e. The Morgan fingerprint density at radius 1 is 1.55 bits per heavy atom. The molecule has 1 rings (SSSR count). The van der Waals surface area contributed by atoms with Crippen LogP contribution < -0.4 is 9.61 Å². The first-order chi connectivity index (χ1) is 10.3. The normalized spacial score (nSPS) is 16.1. The van der Waals surface area contributed by atoms with Gasteiger partial charge in [-0.2, -0.15) is 5.26 Å². The maximum Gasteiger partial charge on any atom is 0.342 e. The van der Waals surface area contributed by atoms with Crippen molar-refractivity contribution in [3.63, 3.8) is 0 Å². The second-order valence-corrected chi connectivity index (χ2v) is 6.94. The van der Waals surface area contributed by atoms with Gasteiger partial charge in [-0.3, -0.25) is 9.36 Å². The molecule has 1 aromatic rings. The Balaban J connectivity index is 3.07. The second kappa shape index (κ2) is 7.41. The molecule has 0 spiro atoms. The first-order valence-electron chi connectivity index (χ1n) is 6.59. The number of carbonyl (C=O) groups is 1. The average molecular weight is 326 g/mol. The van der Waals surface area contributed by atoms with Crippen molar-refractivity contribution in [1.29, 1.82) is 5.26 Å². The van der Waals surface area contributed by atoms with Crippen LogP contribution in [0.2, 0.25) is 0 Å². The van der Waals surface area contributed by atoms with Crippen LogP contribution >= 0.6 is 7.52 Å². The monoisotopic (exact) mass is 326 g/mol. The Labute approximate surface area is 129 Å². The van der Waals surface area contributed by atoms with E-state index < -0.39 is 19.0 Å². The molecule has 0 heterocycles. The number of ether oxygens (including phenoxy) is 1. The molecule has 0 fully saturated rings. The van der Waals surface area contributed by atoms with E-state index in [1.807, 2.05) is 6.07 Å². The molecule has 0 aromatic heterocycles. The molecular weight excluding hydrogens is 307 g/mol. The number of nitrogens with one attached hydrogen (secondary N) is 1. The highest BCUT2D eigenvalue weighted by Crippen LogP contribution is 2.45. The number of nitriles is 1. The van der Waals surface area contributed by atoms with E-state index in [1.54, 1.807) is 19.1 Å². The summed E-state index contributed by atoms with van der Waals surface area (Å²) in [5.41, 5.74) is -1.07. The predicted molar refractivity (Wildman–Crippen MR) is 80.7 cm³/mol. The van der Waals surface area contributed by atoms with Crippen molar-refractivity contribution in [3.05, 3.63) is 29.8 Å². The molecule has 0 saturated heterocycles. The summed E-state index contributed by atoms with van der Waals surface area (Å²) in [6.07, 6.45) is -0.0930. The van der Waals surface area contributed by atoms with Crippen molar-refractivity contribution in [2.45, 2.75) is 25.8 Å². The van der Waals surface area contributed by atoms with Crippen LogP contribution in [0.4, 0.5) is 0 Å². The Morgan fingerprint density at radius 2 is 2.23 bits per heavy atom. The van der Waals surface area contributed by atoms with Crippen LogP contribution in [0.5, 0.6) is 5.75 Å².